The summed E-state index contributed by atoms with van der Waals surface area (Å²) in [6, 6.07) is 7.70. The molecule has 1 nitrogen and oxygen atoms in total. The molecule has 0 aliphatic rings. The third-order valence-corrected chi connectivity index (χ3v) is 3.82. The summed E-state index contributed by atoms with van der Waals surface area (Å²) >= 11 is 0. The Morgan fingerprint density at radius 3 is 2.00 bits per heavy atom. The van der Waals surface area contributed by atoms with E-state index in [0.717, 1.165) is 23.7 Å². The zero-order chi connectivity index (χ0) is 15.6. The molecule has 3 heteroatoms. The second-order valence-corrected chi connectivity index (χ2v) is 5.49. The SMILES string of the molecule is CCNC(c1cc(F)cc(F)c1)c1cc(C)c(C)cc1C. The molecule has 0 aromatic heterocycles. The van der Waals surface area contributed by atoms with Crippen molar-refractivity contribution >= 4 is 0 Å². The molecular formula is C18H21F2N. The lowest BCUT2D eigenvalue weighted by atomic mass is 9.91. The molecule has 21 heavy (non-hydrogen) atoms. The van der Waals surface area contributed by atoms with Gasteiger partial charge in [0, 0.05) is 6.07 Å². The van der Waals surface area contributed by atoms with Gasteiger partial charge >= 0.3 is 0 Å². The van der Waals surface area contributed by atoms with Crippen LogP contribution in [0.15, 0.2) is 30.3 Å². The number of hydrogen-bond donors (Lipinski definition) is 1. The molecule has 0 aliphatic heterocycles. The fourth-order valence-electron chi connectivity index (χ4n) is 2.65. The van der Waals surface area contributed by atoms with Crippen LogP contribution in [-0.2, 0) is 0 Å². The molecule has 0 aliphatic carbocycles. The van der Waals surface area contributed by atoms with E-state index < -0.39 is 11.6 Å². The number of rotatable bonds is 4. The first kappa shape index (κ1) is 15.6. The minimum Gasteiger partial charge on any atom is -0.307 e. The maximum atomic E-state index is 13.5. The van der Waals surface area contributed by atoms with Crippen molar-refractivity contribution in [2.45, 2.75) is 33.7 Å². The number of aryl methyl sites for hydroxylation is 3. The summed E-state index contributed by atoms with van der Waals surface area (Å²) in [5.41, 5.74) is 5.19. The molecule has 0 saturated carbocycles. The first-order valence-electron chi connectivity index (χ1n) is 7.19. The van der Waals surface area contributed by atoms with Gasteiger partial charge in [-0.05, 0) is 67.3 Å². The zero-order valence-corrected chi connectivity index (χ0v) is 12.9. The lowest BCUT2D eigenvalue weighted by molar-refractivity contribution is 0.564. The van der Waals surface area contributed by atoms with Crippen LogP contribution in [0.1, 0.15) is 40.8 Å². The van der Waals surface area contributed by atoms with Crippen LogP contribution in [0.4, 0.5) is 8.78 Å². The predicted molar refractivity (Wildman–Crippen MR) is 82.5 cm³/mol. The van der Waals surface area contributed by atoms with Gasteiger partial charge in [0.2, 0.25) is 0 Å². The molecular weight excluding hydrogens is 268 g/mol. The summed E-state index contributed by atoms with van der Waals surface area (Å²) in [5, 5.41) is 3.32. The Balaban J connectivity index is 2.55. The van der Waals surface area contributed by atoms with E-state index >= 15 is 0 Å². The Bertz CT molecular complexity index is 630. The van der Waals surface area contributed by atoms with Crippen LogP contribution in [0.25, 0.3) is 0 Å². The van der Waals surface area contributed by atoms with Gasteiger partial charge in [-0.3, -0.25) is 0 Å². The van der Waals surface area contributed by atoms with Crippen molar-refractivity contribution in [3.8, 4) is 0 Å². The van der Waals surface area contributed by atoms with Crippen LogP contribution >= 0.6 is 0 Å². The van der Waals surface area contributed by atoms with Crippen LogP contribution in [-0.4, -0.2) is 6.54 Å². The van der Waals surface area contributed by atoms with Crippen molar-refractivity contribution in [1.82, 2.24) is 5.32 Å². The van der Waals surface area contributed by atoms with Gasteiger partial charge in [0.25, 0.3) is 0 Å². The second-order valence-electron chi connectivity index (χ2n) is 5.49. The zero-order valence-electron chi connectivity index (χ0n) is 12.9. The van der Waals surface area contributed by atoms with E-state index in [1.54, 1.807) is 0 Å². The highest BCUT2D eigenvalue weighted by Crippen LogP contribution is 2.28. The van der Waals surface area contributed by atoms with Crippen molar-refractivity contribution in [3.63, 3.8) is 0 Å². The molecule has 0 bridgehead atoms. The third-order valence-electron chi connectivity index (χ3n) is 3.82. The lowest BCUT2D eigenvalue weighted by Crippen LogP contribution is -2.23. The van der Waals surface area contributed by atoms with E-state index in [-0.39, 0.29) is 6.04 Å². The summed E-state index contributed by atoms with van der Waals surface area (Å²) in [5.74, 6) is -1.09. The van der Waals surface area contributed by atoms with Crippen LogP contribution < -0.4 is 5.32 Å². The van der Waals surface area contributed by atoms with Gasteiger partial charge in [0.15, 0.2) is 0 Å². The minimum absolute atomic E-state index is 0.209. The summed E-state index contributed by atoms with van der Waals surface area (Å²) < 4.78 is 27.0. The predicted octanol–water partition coefficient (Wildman–Crippen LogP) is 4.59. The van der Waals surface area contributed by atoms with Crippen molar-refractivity contribution in [1.29, 1.82) is 0 Å². The lowest BCUT2D eigenvalue weighted by Gasteiger charge is -2.22. The molecule has 1 unspecified atom stereocenters. The average molecular weight is 289 g/mol. The van der Waals surface area contributed by atoms with Crippen LogP contribution in [0.5, 0.6) is 0 Å². The Kier molecular flexibility index (Phi) is 4.73. The minimum atomic E-state index is -0.547. The highest BCUT2D eigenvalue weighted by Gasteiger charge is 2.17. The molecule has 1 atom stereocenters. The molecule has 112 valence electrons. The molecule has 0 radical (unpaired) electrons. The quantitative estimate of drug-likeness (QED) is 0.868. The standard InChI is InChI=1S/C18H21F2N/c1-5-21-18(14-8-15(19)10-16(20)9-14)17-7-12(3)11(2)6-13(17)4/h6-10,18,21H,5H2,1-4H3. The number of halogens is 2. The van der Waals surface area contributed by atoms with E-state index in [1.807, 2.05) is 20.8 Å². The van der Waals surface area contributed by atoms with Gasteiger partial charge in [0.05, 0.1) is 6.04 Å². The topological polar surface area (TPSA) is 12.0 Å². The molecule has 0 amide bonds. The van der Waals surface area contributed by atoms with E-state index in [4.69, 9.17) is 0 Å². The molecule has 0 heterocycles. The maximum absolute atomic E-state index is 13.5. The third kappa shape index (κ3) is 3.48. The van der Waals surface area contributed by atoms with E-state index in [2.05, 4.69) is 24.4 Å². The smallest absolute Gasteiger partial charge is 0.126 e. The van der Waals surface area contributed by atoms with Gasteiger partial charge < -0.3 is 5.32 Å². The second kappa shape index (κ2) is 6.35. The fourth-order valence-corrected chi connectivity index (χ4v) is 2.65. The Labute approximate surface area is 125 Å². The summed E-state index contributed by atoms with van der Waals surface area (Å²) in [6.45, 7) is 8.85. The summed E-state index contributed by atoms with van der Waals surface area (Å²) in [6.07, 6.45) is 0. The Hall–Kier alpha value is -1.74. The molecule has 0 fully saturated rings. The van der Waals surface area contributed by atoms with Crippen LogP contribution in [0, 0.1) is 32.4 Å². The highest BCUT2D eigenvalue weighted by molar-refractivity contribution is 5.42. The van der Waals surface area contributed by atoms with Gasteiger partial charge in [0.1, 0.15) is 11.6 Å². The van der Waals surface area contributed by atoms with Crippen LogP contribution in [0.3, 0.4) is 0 Å². The highest BCUT2D eigenvalue weighted by atomic mass is 19.1. The summed E-state index contributed by atoms with van der Waals surface area (Å²) in [4.78, 5) is 0. The Morgan fingerprint density at radius 2 is 1.43 bits per heavy atom. The summed E-state index contributed by atoms with van der Waals surface area (Å²) in [7, 11) is 0. The van der Waals surface area contributed by atoms with E-state index in [0.29, 0.717) is 5.56 Å². The van der Waals surface area contributed by atoms with Gasteiger partial charge in [-0.2, -0.15) is 0 Å². The molecule has 2 rings (SSSR count). The molecule has 0 spiro atoms. The largest absolute Gasteiger partial charge is 0.307 e. The van der Waals surface area contributed by atoms with E-state index in [1.165, 1.54) is 23.3 Å². The van der Waals surface area contributed by atoms with Crippen molar-refractivity contribution in [2.24, 2.45) is 0 Å². The van der Waals surface area contributed by atoms with Gasteiger partial charge in [-0.1, -0.05) is 19.1 Å². The first-order chi connectivity index (χ1) is 9.92. The van der Waals surface area contributed by atoms with Crippen molar-refractivity contribution < 1.29 is 8.78 Å². The Morgan fingerprint density at radius 1 is 0.857 bits per heavy atom. The molecule has 2 aromatic rings. The molecule has 0 saturated heterocycles. The van der Waals surface area contributed by atoms with Crippen molar-refractivity contribution in [3.05, 3.63) is 69.8 Å². The van der Waals surface area contributed by atoms with Gasteiger partial charge in [-0.15, -0.1) is 0 Å². The fraction of sp³-hybridized carbons (Fsp3) is 0.333. The molecule has 1 N–H and O–H groups in total. The maximum Gasteiger partial charge on any atom is 0.126 e. The van der Waals surface area contributed by atoms with E-state index in [9.17, 15) is 8.78 Å². The normalized spacial score (nSPS) is 12.5. The number of benzene rings is 2. The molecule has 2 aromatic carbocycles. The van der Waals surface area contributed by atoms with Crippen molar-refractivity contribution in [2.75, 3.05) is 6.54 Å². The monoisotopic (exact) mass is 289 g/mol. The average Bonchev–Trinajstić information content (AvgIpc) is 2.39. The first-order valence-corrected chi connectivity index (χ1v) is 7.19. The number of hydrogen-bond acceptors (Lipinski definition) is 1. The van der Waals surface area contributed by atoms with Gasteiger partial charge in [-0.25, -0.2) is 8.78 Å². The van der Waals surface area contributed by atoms with Crippen LogP contribution in [0.2, 0.25) is 0 Å². The number of nitrogens with one attached hydrogen (secondary N) is 1.